The molecular formula is C13H24N4O2S. The zero-order chi connectivity index (χ0) is 14.6. The standard InChI is InChI=1S/C13H24N4O2S/c1-3-7-17(10-12-4-5-12)20(18,19)13-9-15-16(11-13)8-6-14-2/h9,11-12,14H,3-8,10H2,1-2H3. The molecule has 0 bridgehead atoms. The van der Waals surface area contributed by atoms with Gasteiger partial charge >= 0.3 is 0 Å². The van der Waals surface area contributed by atoms with Gasteiger partial charge in [0, 0.05) is 25.8 Å². The lowest BCUT2D eigenvalue weighted by atomic mass is 10.4. The minimum atomic E-state index is -3.39. The summed E-state index contributed by atoms with van der Waals surface area (Å²) in [6, 6.07) is 0. The second-order valence-corrected chi connectivity index (χ2v) is 7.29. The van der Waals surface area contributed by atoms with Crippen LogP contribution in [0.5, 0.6) is 0 Å². The third-order valence-corrected chi connectivity index (χ3v) is 5.29. The zero-order valence-corrected chi connectivity index (χ0v) is 13.1. The molecular weight excluding hydrogens is 276 g/mol. The Bertz CT molecular complexity index is 522. The molecule has 6 nitrogen and oxygen atoms in total. The molecule has 1 aromatic rings. The van der Waals surface area contributed by atoms with Gasteiger partial charge in [-0.05, 0) is 32.2 Å². The molecule has 0 unspecified atom stereocenters. The number of hydrogen-bond donors (Lipinski definition) is 1. The van der Waals surface area contributed by atoms with Crippen molar-refractivity contribution in [3.05, 3.63) is 12.4 Å². The molecule has 0 aromatic carbocycles. The molecule has 20 heavy (non-hydrogen) atoms. The first kappa shape index (κ1) is 15.5. The van der Waals surface area contributed by atoms with Crippen molar-refractivity contribution in [2.75, 3.05) is 26.7 Å². The number of nitrogens with one attached hydrogen (secondary N) is 1. The maximum absolute atomic E-state index is 12.6. The number of likely N-dealkylation sites (N-methyl/N-ethyl adjacent to an activating group) is 1. The summed E-state index contributed by atoms with van der Waals surface area (Å²) < 4.78 is 28.5. The van der Waals surface area contributed by atoms with Crippen LogP contribution in [0.1, 0.15) is 26.2 Å². The van der Waals surface area contributed by atoms with Crippen molar-refractivity contribution in [2.45, 2.75) is 37.6 Å². The highest BCUT2D eigenvalue weighted by Crippen LogP contribution is 2.31. The zero-order valence-electron chi connectivity index (χ0n) is 12.2. The minimum absolute atomic E-state index is 0.308. The van der Waals surface area contributed by atoms with Crippen LogP contribution in [0.15, 0.2) is 17.3 Å². The maximum atomic E-state index is 12.6. The van der Waals surface area contributed by atoms with Crippen molar-refractivity contribution in [1.82, 2.24) is 19.4 Å². The van der Waals surface area contributed by atoms with E-state index in [0.717, 1.165) is 25.8 Å². The van der Waals surface area contributed by atoms with Gasteiger partial charge < -0.3 is 5.32 Å². The Morgan fingerprint density at radius 1 is 1.50 bits per heavy atom. The van der Waals surface area contributed by atoms with E-state index >= 15 is 0 Å². The fourth-order valence-corrected chi connectivity index (χ4v) is 3.69. The Labute approximate surface area is 121 Å². The molecule has 0 saturated heterocycles. The van der Waals surface area contributed by atoms with Gasteiger partial charge in [-0.25, -0.2) is 8.42 Å². The maximum Gasteiger partial charge on any atom is 0.246 e. The average Bonchev–Trinajstić information content (AvgIpc) is 3.10. The monoisotopic (exact) mass is 300 g/mol. The fourth-order valence-electron chi connectivity index (χ4n) is 2.12. The van der Waals surface area contributed by atoms with Crippen molar-refractivity contribution in [1.29, 1.82) is 0 Å². The van der Waals surface area contributed by atoms with E-state index in [0.29, 0.717) is 30.4 Å². The predicted molar refractivity (Wildman–Crippen MR) is 77.9 cm³/mol. The van der Waals surface area contributed by atoms with Crippen LogP contribution in [0, 0.1) is 5.92 Å². The smallest absolute Gasteiger partial charge is 0.246 e. The molecule has 114 valence electrons. The van der Waals surface area contributed by atoms with Crippen LogP contribution in [0.2, 0.25) is 0 Å². The number of sulfonamides is 1. The van der Waals surface area contributed by atoms with Gasteiger partial charge in [0.15, 0.2) is 0 Å². The summed E-state index contributed by atoms with van der Waals surface area (Å²) in [7, 11) is -1.53. The third kappa shape index (κ3) is 3.80. The second-order valence-electron chi connectivity index (χ2n) is 5.35. The molecule has 1 aliphatic rings. The summed E-state index contributed by atoms with van der Waals surface area (Å²) in [5.41, 5.74) is 0. The van der Waals surface area contributed by atoms with Crippen molar-refractivity contribution < 1.29 is 8.42 Å². The summed E-state index contributed by atoms with van der Waals surface area (Å²) in [6.07, 6.45) is 6.22. The van der Waals surface area contributed by atoms with E-state index in [-0.39, 0.29) is 0 Å². The van der Waals surface area contributed by atoms with Gasteiger partial charge in [-0.1, -0.05) is 6.92 Å². The third-order valence-electron chi connectivity index (χ3n) is 3.47. The molecule has 1 aliphatic carbocycles. The van der Waals surface area contributed by atoms with Crippen LogP contribution in [0.3, 0.4) is 0 Å². The molecule has 1 saturated carbocycles. The van der Waals surface area contributed by atoms with E-state index in [1.807, 2.05) is 14.0 Å². The Hall–Kier alpha value is -0.920. The molecule has 0 atom stereocenters. The summed E-state index contributed by atoms with van der Waals surface area (Å²) in [5, 5.41) is 7.15. The second kappa shape index (κ2) is 6.69. The molecule has 1 heterocycles. The molecule has 0 aliphatic heterocycles. The van der Waals surface area contributed by atoms with Crippen molar-refractivity contribution >= 4 is 10.0 Å². The van der Waals surface area contributed by atoms with Gasteiger partial charge in [0.1, 0.15) is 4.90 Å². The molecule has 0 spiro atoms. The van der Waals surface area contributed by atoms with Gasteiger partial charge in [0.05, 0.1) is 12.7 Å². The van der Waals surface area contributed by atoms with Crippen LogP contribution in [0.4, 0.5) is 0 Å². The van der Waals surface area contributed by atoms with Crippen LogP contribution in [-0.4, -0.2) is 49.2 Å². The average molecular weight is 300 g/mol. The SMILES string of the molecule is CCCN(CC1CC1)S(=O)(=O)c1cnn(CCNC)c1. The molecule has 1 aromatic heterocycles. The van der Waals surface area contributed by atoms with Crippen LogP contribution in [-0.2, 0) is 16.6 Å². The first-order chi connectivity index (χ1) is 9.57. The van der Waals surface area contributed by atoms with E-state index in [1.54, 1.807) is 15.2 Å². The van der Waals surface area contributed by atoms with Crippen LogP contribution in [0.25, 0.3) is 0 Å². The first-order valence-electron chi connectivity index (χ1n) is 7.25. The molecule has 1 fully saturated rings. The number of nitrogens with zero attached hydrogens (tertiary/aromatic N) is 3. The molecule has 7 heteroatoms. The lowest BCUT2D eigenvalue weighted by molar-refractivity contribution is 0.395. The highest BCUT2D eigenvalue weighted by Gasteiger charge is 2.31. The van der Waals surface area contributed by atoms with E-state index < -0.39 is 10.0 Å². The van der Waals surface area contributed by atoms with E-state index in [1.165, 1.54) is 6.20 Å². The minimum Gasteiger partial charge on any atom is -0.318 e. The summed E-state index contributed by atoms with van der Waals surface area (Å²) in [5.74, 6) is 0.552. The number of aromatic nitrogens is 2. The fraction of sp³-hybridized carbons (Fsp3) is 0.769. The van der Waals surface area contributed by atoms with Gasteiger partial charge in [-0.2, -0.15) is 9.40 Å². The largest absolute Gasteiger partial charge is 0.318 e. The summed E-state index contributed by atoms with van der Waals surface area (Å²) >= 11 is 0. The van der Waals surface area contributed by atoms with Crippen molar-refractivity contribution in [3.8, 4) is 0 Å². The predicted octanol–water partition coefficient (Wildman–Crippen LogP) is 0.913. The lowest BCUT2D eigenvalue weighted by Gasteiger charge is -2.20. The number of hydrogen-bond acceptors (Lipinski definition) is 4. The van der Waals surface area contributed by atoms with Gasteiger partial charge in [-0.3, -0.25) is 4.68 Å². The van der Waals surface area contributed by atoms with Crippen LogP contribution >= 0.6 is 0 Å². The first-order valence-corrected chi connectivity index (χ1v) is 8.69. The molecule has 0 radical (unpaired) electrons. The lowest BCUT2D eigenvalue weighted by Crippen LogP contribution is -2.33. The highest BCUT2D eigenvalue weighted by atomic mass is 32.2. The van der Waals surface area contributed by atoms with Gasteiger partial charge in [-0.15, -0.1) is 0 Å². The summed E-state index contributed by atoms with van der Waals surface area (Å²) in [6.45, 7) is 4.68. The van der Waals surface area contributed by atoms with Gasteiger partial charge in [0.2, 0.25) is 10.0 Å². The van der Waals surface area contributed by atoms with Crippen molar-refractivity contribution in [2.24, 2.45) is 5.92 Å². The van der Waals surface area contributed by atoms with E-state index in [4.69, 9.17) is 0 Å². The Morgan fingerprint density at radius 3 is 2.85 bits per heavy atom. The molecule has 2 rings (SSSR count). The Balaban J connectivity index is 2.11. The Kier molecular flexibility index (Phi) is 5.17. The van der Waals surface area contributed by atoms with E-state index in [9.17, 15) is 8.42 Å². The van der Waals surface area contributed by atoms with Crippen LogP contribution < -0.4 is 5.32 Å². The topological polar surface area (TPSA) is 67.2 Å². The highest BCUT2D eigenvalue weighted by molar-refractivity contribution is 7.89. The normalized spacial score (nSPS) is 15.9. The quantitative estimate of drug-likeness (QED) is 0.736. The number of rotatable bonds is 9. The summed E-state index contributed by atoms with van der Waals surface area (Å²) in [4.78, 5) is 0.308. The van der Waals surface area contributed by atoms with Gasteiger partial charge in [0.25, 0.3) is 0 Å². The van der Waals surface area contributed by atoms with E-state index in [2.05, 4.69) is 10.4 Å². The molecule has 0 amide bonds. The van der Waals surface area contributed by atoms with Crippen molar-refractivity contribution in [3.63, 3.8) is 0 Å². The molecule has 1 N–H and O–H groups in total. The Morgan fingerprint density at radius 2 is 2.25 bits per heavy atom.